The van der Waals surface area contributed by atoms with Gasteiger partial charge in [-0.05, 0) is 18.2 Å². The van der Waals surface area contributed by atoms with Crippen LogP contribution >= 0.6 is 11.6 Å². The van der Waals surface area contributed by atoms with Crippen molar-refractivity contribution in [3.8, 4) is 5.75 Å². The molecule has 1 radical (unpaired) electrons. The van der Waals surface area contributed by atoms with Crippen molar-refractivity contribution >= 4 is 11.6 Å². The van der Waals surface area contributed by atoms with Gasteiger partial charge < -0.3 is 4.74 Å². The number of halogens is 2. The minimum atomic E-state index is -0.498. The Morgan fingerprint density at radius 2 is 2.20 bits per heavy atom. The zero-order valence-electron chi connectivity index (χ0n) is 5.10. The SMILES string of the molecule is [CH2]Oc1ccc(Cl)cc1F. The molecule has 0 N–H and O–H groups in total. The van der Waals surface area contributed by atoms with E-state index in [9.17, 15) is 4.39 Å². The fraction of sp³-hybridized carbons (Fsp3) is 0. The molecule has 10 heavy (non-hydrogen) atoms. The van der Waals surface area contributed by atoms with Crippen molar-refractivity contribution in [2.75, 3.05) is 0 Å². The van der Waals surface area contributed by atoms with Crippen molar-refractivity contribution in [1.82, 2.24) is 0 Å². The zero-order valence-corrected chi connectivity index (χ0v) is 5.86. The Labute approximate surface area is 63.4 Å². The molecular weight excluding hydrogens is 155 g/mol. The standard InChI is InChI=1S/C7H5ClFO/c1-10-7-3-2-5(8)4-6(7)9/h2-4H,1H2. The summed E-state index contributed by atoms with van der Waals surface area (Å²) in [6.07, 6.45) is 0. The topological polar surface area (TPSA) is 9.23 Å². The Hall–Kier alpha value is -0.760. The second-order valence-electron chi connectivity index (χ2n) is 1.72. The van der Waals surface area contributed by atoms with E-state index in [-0.39, 0.29) is 5.75 Å². The molecule has 3 heteroatoms. The van der Waals surface area contributed by atoms with Gasteiger partial charge in [-0.15, -0.1) is 0 Å². The first kappa shape index (κ1) is 7.35. The van der Waals surface area contributed by atoms with Crippen molar-refractivity contribution < 1.29 is 9.13 Å². The molecule has 0 aliphatic rings. The Kier molecular flexibility index (Phi) is 2.12. The van der Waals surface area contributed by atoms with Crippen LogP contribution in [0.2, 0.25) is 5.02 Å². The van der Waals surface area contributed by atoms with Crippen LogP contribution in [0.4, 0.5) is 4.39 Å². The fourth-order valence-corrected chi connectivity index (χ4v) is 0.751. The van der Waals surface area contributed by atoms with E-state index < -0.39 is 5.82 Å². The molecule has 1 aromatic carbocycles. The van der Waals surface area contributed by atoms with E-state index >= 15 is 0 Å². The minimum absolute atomic E-state index is 0.101. The van der Waals surface area contributed by atoms with Crippen molar-refractivity contribution in [2.24, 2.45) is 0 Å². The lowest BCUT2D eigenvalue weighted by molar-refractivity contribution is 0.434. The Bertz CT molecular complexity index is 237. The molecule has 0 bridgehead atoms. The van der Waals surface area contributed by atoms with Gasteiger partial charge in [0.2, 0.25) is 0 Å². The molecule has 0 aromatic heterocycles. The third-order valence-corrected chi connectivity index (χ3v) is 1.28. The normalized spacial score (nSPS) is 9.50. The van der Waals surface area contributed by atoms with Crippen LogP contribution in [0.5, 0.6) is 5.75 Å². The summed E-state index contributed by atoms with van der Waals surface area (Å²) in [6.45, 7) is 0. The highest BCUT2D eigenvalue weighted by molar-refractivity contribution is 6.30. The van der Waals surface area contributed by atoms with Gasteiger partial charge in [0.1, 0.15) is 7.11 Å². The average Bonchev–Trinajstić information content (AvgIpc) is 1.88. The smallest absolute Gasteiger partial charge is 0.166 e. The molecule has 0 fully saturated rings. The van der Waals surface area contributed by atoms with Crippen LogP contribution in [-0.2, 0) is 0 Å². The Balaban J connectivity index is 3.07. The maximum Gasteiger partial charge on any atom is 0.166 e. The Morgan fingerprint density at radius 1 is 1.50 bits per heavy atom. The molecule has 0 amide bonds. The summed E-state index contributed by atoms with van der Waals surface area (Å²) in [7, 11) is 3.06. The van der Waals surface area contributed by atoms with Crippen LogP contribution in [0.25, 0.3) is 0 Å². The van der Waals surface area contributed by atoms with Gasteiger partial charge in [-0.25, -0.2) is 4.39 Å². The maximum absolute atomic E-state index is 12.6. The van der Waals surface area contributed by atoms with Gasteiger partial charge in [-0.1, -0.05) is 11.6 Å². The fourth-order valence-electron chi connectivity index (χ4n) is 0.592. The molecular formula is C7H5ClFO. The summed E-state index contributed by atoms with van der Waals surface area (Å²) in [5.41, 5.74) is 0. The number of benzene rings is 1. The van der Waals surface area contributed by atoms with Gasteiger partial charge in [0.25, 0.3) is 0 Å². The number of ether oxygens (including phenoxy) is 1. The highest BCUT2D eigenvalue weighted by Gasteiger charge is 2.00. The summed E-state index contributed by atoms with van der Waals surface area (Å²) in [6, 6.07) is 4.12. The van der Waals surface area contributed by atoms with Crippen molar-refractivity contribution in [3.63, 3.8) is 0 Å². The molecule has 0 heterocycles. The highest BCUT2D eigenvalue weighted by atomic mass is 35.5. The van der Waals surface area contributed by atoms with Crippen LogP contribution in [0.3, 0.4) is 0 Å². The second kappa shape index (κ2) is 2.88. The highest BCUT2D eigenvalue weighted by Crippen LogP contribution is 2.20. The van der Waals surface area contributed by atoms with Gasteiger partial charge in [-0.3, -0.25) is 0 Å². The molecule has 0 aliphatic carbocycles. The molecule has 0 aliphatic heterocycles. The van der Waals surface area contributed by atoms with Crippen LogP contribution in [0, 0.1) is 12.9 Å². The quantitative estimate of drug-likeness (QED) is 0.612. The molecule has 53 valence electrons. The first-order valence-corrected chi connectivity index (χ1v) is 2.99. The summed E-state index contributed by atoms with van der Waals surface area (Å²) in [5.74, 6) is -0.396. The molecule has 0 saturated heterocycles. The summed E-state index contributed by atoms with van der Waals surface area (Å²) in [4.78, 5) is 0. The van der Waals surface area contributed by atoms with Gasteiger partial charge in [0.15, 0.2) is 11.6 Å². The first-order valence-electron chi connectivity index (χ1n) is 2.61. The molecule has 0 atom stereocenters. The monoisotopic (exact) mass is 159 g/mol. The van der Waals surface area contributed by atoms with E-state index in [1.54, 1.807) is 0 Å². The van der Waals surface area contributed by atoms with Crippen molar-refractivity contribution in [2.45, 2.75) is 0 Å². The van der Waals surface area contributed by atoms with E-state index in [1.807, 2.05) is 0 Å². The summed E-state index contributed by atoms with van der Waals surface area (Å²) in [5, 5.41) is 0.346. The van der Waals surface area contributed by atoms with Crippen molar-refractivity contribution in [1.29, 1.82) is 0 Å². The van der Waals surface area contributed by atoms with Crippen LogP contribution in [-0.4, -0.2) is 0 Å². The maximum atomic E-state index is 12.6. The lowest BCUT2D eigenvalue weighted by atomic mass is 10.3. The van der Waals surface area contributed by atoms with Gasteiger partial charge in [-0.2, -0.15) is 0 Å². The lowest BCUT2D eigenvalue weighted by Gasteiger charge is -1.99. The Morgan fingerprint density at radius 3 is 2.70 bits per heavy atom. The zero-order chi connectivity index (χ0) is 7.56. The predicted octanol–water partition coefficient (Wildman–Crippen LogP) is 2.65. The van der Waals surface area contributed by atoms with Crippen LogP contribution in [0.1, 0.15) is 0 Å². The molecule has 1 aromatic rings. The molecule has 0 spiro atoms. The average molecular weight is 160 g/mol. The second-order valence-corrected chi connectivity index (χ2v) is 2.16. The van der Waals surface area contributed by atoms with E-state index in [0.29, 0.717) is 5.02 Å². The van der Waals surface area contributed by atoms with Crippen molar-refractivity contribution in [3.05, 3.63) is 36.1 Å². The number of hydrogen-bond acceptors (Lipinski definition) is 1. The molecule has 1 nitrogen and oxygen atoms in total. The molecule has 0 unspecified atom stereocenters. The number of hydrogen-bond donors (Lipinski definition) is 0. The summed E-state index contributed by atoms with van der Waals surface area (Å²) >= 11 is 5.46. The third kappa shape index (κ3) is 1.39. The lowest BCUT2D eigenvalue weighted by Crippen LogP contribution is -1.83. The van der Waals surface area contributed by atoms with Crippen LogP contribution < -0.4 is 4.74 Å². The van der Waals surface area contributed by atoms with Gasteiger partial charge in [0, 0.05) is 5.02 Å². The number of rotatable bonds is 1. The van der Waals surface area contributed by atoms with Crippen LogP contribution in [0.15, 0.2) is 18.2 Å². The van der Waals surface area contributed by atoms with Gasteiger partial charge in [0.05, 0.1) is 0 Å². The first-order chi connectivity index (χ1) is 4.74. The largest absolute Gasteiger partial charge is 0.487 e. The van der Waals surface area contributed by atoms with E-state index in [0.717, 1.165) is 0 Å². The molecule has 0 saturated carbocycles. The van der Waals surface area contributed by atoms with Gasteiger partial charge >= 0.3 is 0 Å². The summed E-state index contributed by atoms with van der Waals surface area (Å²) < 4.78 is 17.0. The molecule has 1 rings (SSSR count). The minimum Gasteiger partial charge on any atom is -0.487 e. The van der Waals surface area contributed by atoms with E-state index in [4.69, 9.17) is 11.6 Å². The van der Waals surface area contributed by atoms with E-state index in [2.05, 4.69) is 11.8 Å². The predicted molar refractivity (Wildman–Crippen MR) is 37.4 cm³/mol. The van der Waals surface area contributed by atoms with E-state index in [1.165, 1.54) is 18.2 Å². The third-order valence-electron chi connectivity index (χ3n) is 1.05.